The predicted molar refractivity (Wildman–Crippen MR) is 103 cm³/mol. The Morgan fingerprint density at radius 3 is 2.28 bits per heavy atom. The molecule has 1 saturated heterocycles. The zero-order valence-electron chi connectivity index (χ0n) is 17.0. The van der Waals surface area contributed by atoms with Gasteiger partial charge >= 0.3 is 5.97 Å². The minimum atomic E-state index is -1.24. The normalized spacial score (nSPS) is 19.3. The molecule has 0 aliphatic carbocycles. The van der Waals surface area contributed by atoms with E-state index in [2.05, 4.69) is 10.6 Å². The molecule has 4 atom stereocenters. The second kappa shape index (κ2) is 10.7. The van der Waals surface area contributed by atoms with Crippen LogP contribution < -0.4 is 22.1 Å². The van der Waals surface area contributed by atoms with Crippen LogP contribution in [-0.4, -0.2) is 70.3 Å². The number of amides is 4. The van der Waals surface area contributed by atoms with E-state index in [4.69, 9.17) is 16.6 Å². The van der Waals surface area contributed by atoms with E-state index in [0.717, 1.165) is 0 Å². The lowest BCUT2D eigenvalue weighted by atomic mass is 10.0. The van der Waals surface area contributed by atoms with Crippen molar-refractivity contribution in [1.29, 1.82) is 0 Å². The maximum Gasteiger partial charge on any atom is 0.325 e. The lowest BCUT2D eigenvalue weighted by Gasteiger charge is -2.29. The molecule has 0 saturated carbocycles. The molecule has 11 heteroatoms. The van der Waals surface area contributed by atoms with Gasteiger partial charge in [-0.25, -0.2) is 0 Å². The number of likely N-dealkylation sites (tertiary alicyclic amines) is 1. The maximum atomic E-state index is 12.8. The van der Waals surface area contributed by atoms with Crippen LogP contribution in [0.1, 0.15) is 46.5 Å². The third kappa shape index (κ3) is 7.00. The lowest BCUT2D eigenvalue weighted by Crippen LogP contribution is -2.56. The smallest absolute Gasteiger partial charge is 0.325 e. The summed E-state index contributed by atoms with van der Waals surface area (Å²) in [7, 11) is 0. The Bertz CT molecular complexity index is 653. The van der Waals surface area contributed by atoms with Crippen LogP contribution in [0, 0.1) is 5.92 Å². The van der Waals surface area contributed by atoms with Crippen molar-refractivity contribution in [2.24, 2.45) is 17.4 Å². The molecule has 1 aliphatic heterocycles. The Kier molecular flexibility index (Phi) is 9.02. The number of carboxylic acid groups (broad SMARTS) is 1. The van der Waals surface area contributed by atoms with Gasteiger partial charge in [0.2, 0.25) is 23.6 Å². The number of nitrogens with zero attached hydrogens (tertiary/aromatic N) is 1. The fraction of sp³-hybridized carbons (Fsp3) is 0.722. The Morgan fingerprint density at radius 1 is 1.14 bits per heavy atom. The number of carbonyl (C=O) groups excluding carboxylic acids is 4. The molecule has 11 nitrogen and oxygen atoms in total. The lowest BCUT2D eigenvalue weighted by molar-refractivity contribution is -0.143. The van der Waals surface area contributed by atoms with E-state index in [1.165, 1.54) is 11.8 Å². The summed E-state index contributed by atoms with van der Waals surface area (Å²) >= 11 is 0. The number of carbonyl (C=O) groups is 5. The van der Waals surface area contributed by atoms with Crippen LogP contribution in [-0.2, 0) is 24.0 Å². The molecule has 0 spiro atoms. The number of rotatable bonds is 10. The molecule has 4 amide bonds. The second-order valence-corrected chi connectivity index (χ2v) is 7.59. The Labute approximate surface area is 169 Å². The molecule has 7 N–H and O–H groups in total. The van der Waals surface area contributed by atoms with Gasteiger partial charge in [-0.2, -0.15) is 0 Å². The van der Waals surface area contributed by atoms with Gasteiger partial charge in [0.25, 0.3) is 0 Å². The number of primary amides is 1. The molecule has 0 bridgehead atoms. The number of carboxylic acids is 1. The average Bonchev–Trinajstić information content (AvgIpc) is 3.12. The SMILES string of the molecule is CC(NC(=O)C(CCC(N)=O)NC(=O)C1CCCN1C(=O)C(N)C(C)C)C(=O)O. The van der Waals surface area contributed by atoms with Gasteiger partial charge < -0.3 is 32.1 Å². The molecule has 1 heterocycles. The molecule has 0 aromatic rings. The minimum absolute atomic E-state index is 0.0918. The summed E-state index contributed by atoms with van der Waals surface area (Å²) in [4.78, 5) is 61.2. The average molecular weight is 413 g/mol. The van der Waals surface area contributed by atoms with Crippen molar-refractivity contribution in [3.8, 4) is 0 Å². The van der Waals surface area contributed by atoms with Crippen LogP contribution in [0.4, 0.5) is 0 Å². The molecule has 4 unspecified atom stereocenters. The molecule has 1 aliphatic rings. The topological polar surface area (TPSA) is 185 Å². The first-order valence-electron chi connectivity index (χ1n) is 9.63. The predicted octanol–water partition coefficient (Wildman–Crippen LogP) is -1.70. The van der Waals surface area contributed by atoms with Crippen molar-refractivity contribution in [1.82, 2.24) is 15.5 Å². The van der Waals surface area contributed by atoms with Gasteiger partial charge in [-0.05, 0) is 32.1 Å². The van der Waals surface area contributed by atoms with Crippen molar-refractivity contribution < 1.29 is 29.1 Å². The Hall–Kier alpha value is -2.69. The molecule has 1 fully saturated rings. The first-order chi connectivity index (χ1) is 13.5. The van der Waals surface area contributed by atoms with E-state index in [0.29, 0.717) is 19.4 Å². The molecule has 29 heavy (non-hydrogen) atoms. The second-order valence-electron chi connectivity index (χ2n) is 7.59. The van der Waals surface area contributed by atoms with E-state index in [9.17, 15) is 24.0 Å². The zero-order valence-corrected chi connectivity index (χ0v) is 17.0. The summed E-state index contributed by atoms with van der Waals surface area (Å²) < 4.78 is 0. The summed E-state index contributed by atoms with van der Waals surface area (Å²) in [6.07, 6.45) is 0.762. The van der Waals surface area contributed by atoms with Gasteiger partial charge in [0.15, 0.2) is 0 Å². The van der Waals surface area contributed by atoms with Crippen LogP contribution in [0.5, 0.6) is 0 Å². The Morgan fingerprint density at radius 2 is 1.76 bits per heavy atom. The fourth-order valence-corrected chi connectivity index (χ4v) is 2.98. The number of hydrogen-bond donors (Lipinski definition) is 5. The highest BCUT2D eigenvalue weighted by Crippen LogP contribution is 2.20. The quantitative estimate of drug-likeness (QED) is 0.282. The van der Waals surface area contributed by atoms with Gasteiger partial charge in [0.1, 0.15) is 18.1 Å². The zero-order chi connectivity index (χ0) is 22.3. The highest BCUT2D eigenvalue weighted by Gasteiger charge is 2.38. The summed E-state index contributed by atoms with van der Waals surface area (Å²) in [6, 6.07) is -3.86. The molecular formula is C18H31N5O6. The van der Waals surface area contributed by atoms with Gasteiger partial charge in [-0.1, -0.05) is 13.8 Å². The molecule has 164 valence electrons. The first kappa shape index (κ1) is 24.3. The highest BCUT2D eigenvalue weighted by molar-refractivity contribution is 5.94. The molecule has 0 aromatic heterocycles. The molecular weight excluding hydrogens is 382 g/mol. The number of nitrogens with one attached hydrogen (secondary N) is 2. The minimum Gasteiger partial charge on any atom is -0.480 e. The summed E-state index contributed by atoms with van der Waals surface area (Å²) in [5, 5.41) is 13.7. The number of hydrogen-bond acceptors (Lipinski definition) is 6. The van der Waals surface area contributed by atoms with Crippen molar-refractivity contribution in [3.63, 3.8) is 0 Å². The number of nitrogens with two attached hydrogens (primary N) is 2. The monoisotopic (exact) mass is 413 g/mol. The largest absolute Gasteiger partial charge is 0.480 e. The van der Waals surface area contributed by atoms with Gasteiger partial charge in [0.05, 0.1) is 6.04 Å². The van der Waals surface area contributed by atoms with Crippen molar-refractivity contribution >= 4 is 29.6 Å². The molecule has 0 radical (unpaired) electrons. The Balaban J connectivity index is 2.89. The summed E-state index contributed by atoms with van der Waals surface area (Å²) in [6.45, 7) is 5.27. The van der Waals surface area contributed by atoms with Crippen LogP contribution in [0.3, 0.4) is 0 Å². The third-order valence-electron chi connectivity index (χ3n) is 4.88. The first-order valence-corrected chi connectivity index (χ1v) is 9.63. The summed E-state index contributed by atoms with van der Waals surface area (Å²) in [5.41, 5.74) is 11.0. The van der Waals surface area contributed by atoms with Gasteiger partial charge in [0, 0.05) is 13.0 Å². The highest BCUT2D eigenvalue weighted by atomic mass is 16.4. The van der Waals surface area contributed by atoms with E-state index in [1.54, 1.807) is 0 Å². The van der Waals surface area contributed by atoms with Gasteiger partial charge in [-0.15, -0.1) is 0 Å². The standard InChI is InChI=1S/C18H31N5O6/c1-9(2)14(20)17(27)23-8-4-5-12(23)16(26)22-11(6-7-13(19)24)15(25)21-10(3)18(28)29/h9-12,14H,4-8,20H2,1-3H3,(H2,19,24)(H,21,25)(H,22,26)(H,28,29). The molecule has 0 aromatic carbocycles. The van der Waals surface area contributed by atoms with Crippen LogP contribution >= 0.6 is 0 Å². The maximum absolute atomic E-state index is 12.8. The van der Waals surface area contributed by atoms with E-state index < -0.39 is 47.9 Å². The third-order valence-corrected chi connectivity index (χ3v) is 4.88. The van der Waals surface area contributed by atoms with E-state index in [-0.39, 0.29) is 24.7 Å². The van der Waals surface area contributed by atoms with Crippen molar-refractivity contribution in [2.45, 2.75) is 70.6 Å². The van der Waals surface area contributed by atoms with Crippen molar-refractivity contribution in [3.05, 3.63) is 0 Å². The van der Waals surface area contributed by atoms with E-state index in [1.807, 2.05) is 13.8 Å². The van der Waals surface area contributed by atoms with Crippen LogP contribution in [0.15, 0.2) is 0 Å². The molecule has 1 rings (SSSR count). The fourth-order valence-electron chi connectivity index (χ4n) is 2.98. The number of aliphatic carboxylic acids is 1. The van der Waals surface area contributed by atoms with Crippen LogP contribution in [0.25, 0.3) is 0 Å². The summed E-state index contributed by atoms with van der Waals surface area (Å²) in [5.74, 6) is -3.64. The van der Waals surface area contributed by atoms with Gasteiger partial charge in [-0.3, -0.25) is 24.0 Å². The van der Waals surface area contributed by atoms with Crippen LogP contribution in [0.2, 0.25) is 0 Å². The van der Waals surface area contributed by atoms with Crippen molar-refractivity contribution in [2.75, 3.05) is 6.54 Å². The van der Waals surface area contributed by atoms with E-state index >= 15 is 0 Å².